The van der Waals surface area contributed by atoms with E-state index in [0.29, 0.717) is 41.5 Å². The number of hydrogen-bond donors (Lipinski definition) is 2. The van der Waals surface area contributed by atoms with Gasteiger partial charge in [-0.15, -0.1) is 0 Å². The molecule has 0 fully saturated rings. The number of aromatic nitrogens is 1. The van der Waals surface area contributed by atoms with Crippen LogP contribution < -0.4 is 29.6 Å². The van der Waals surface area contributed by atoms with Gasteiger partial charge in [0.1, 0.15) is 5.70 Å². The molecule has 4 aromatic rings. The summed E-state index contributed by atoms with van der Waals surface area (Å²) >= 11 is 0. The molecule has 0 saturated heterocycles. The van der Waals surface area contributed by atoms with E-state index < -0.39 is 11.8 Å². The second-order valence-electron chi connectivity index (χ2n) is 8.99. The fourth-order valence-electron chi connectivity index (χ4n) is 4.43. The van der Waals surface area contributed by atoms with Crippen molar-refractivity contribution in [2.45, 2.75) is 6.42 Å². The van der Waals surface area contributed by atoms with Crippen LogP contribution >= 0.6 is 0 Å². The summed E-state index contributed by atoms with van der Waals surface area (Å²) in [6, 6.07) is 18.3. The third kappa shape index (κ3) is 6.20. The minimum Gasteiger partial charge on any atom is -0.493 e. The lowest BCUT2D eigenvalue weighted by Gasteiger charge is -2.13. The van der Waals surface area contributed by atoms with Gasteiger partial charge >= 0.3 is 0 Å². The Morgan fingerprint density at radius 1 is 0.825 bits per heavy atom. The SMILES string of the molecule is COc1ccc(CCNC(=O)C(=Cc2cn(C)c3ccccc23)NC(=O)c2ccc(OC)c(OC)c2)cc1OC. The van der Waals surface area contributed by atoms with Crippen LogP contribution in [0, 0.1) is 0 Å². The molecule has 1 aromatic heterocycles. The van der Waals surface area contributed by atoms with Crippen LogP contribution in [0.3, 0.4) is 0 Å². The molecular formula is C31H33N3O6. The molecule has 40 heavy (non-hydrogen) atoms. The summed E-state index contributed by atoms with van der Waals surface area (Å²) in [5, 5.41) is 6.68. The lowest BCUT2D eigenvalue weighted by molar-refractivity contribution is -0.117. The topological polar surface area (TPSA) is 100 Å². The van der Waals surface area contributed by atoms with Crippen molar-refractivity contribution in [1.82, 2.24) is 15.2 Å². The van der Waals surface area contributed by atoms with Gasteiger partial charge < -0.3 is 34.1 Å². The van der Waals surface area contributed by atoms with E-state index in [9.17, 15) is 9.59 Å². The summed E-state index contributed by atoms with van der Waals surface area (Å²) in [6.07, 6.45) is 4.16. The smallest absolute Gasteiger partial charge is 0.267 e. The van der Waals surface area contributed by atoms with Gasteiger partial charge in [0.15, 0.2) is 23.0 Å². The van der Waals surface area contributed by atoms with Crippen molar-refractivity contribution < 1.29 is 28.5 Å². The van der Waals surface area contributed by atoms with Gasteiger partial charge in [0, 0.05) is 41.8 Å². The van der Waals surface area contributed by atoms with Crippen molar-refractivity contribution in [3.05, 3.63) is 89.2 Å². The number of ether oxygens (including phenoxy) is 4. The second-order valence-corrected chi connectivity index (χ2v) is 8.99. The Kier molecular flexibility index (Phi) is 8.96. The average Bonchev–Trinajstić information content (AvgIpc) is 3.30. The van der Waals surface area contributed by atoms with E-state index in [-0.39, 0.29) is 5.70 Å². The van der Waals surface area contributed by atoms with Gasteiger partial charge in [0.2, 0.25) is 0 Å². The Morgan fingerprint density at radius 2 is 1.48 bits per heavy atom. The Hall–Kier alpha value is -4.92. The van der Waals surface area contributed by atoms with Gasteiger partial charge in [0.25, 0.3) is 11.8 Å². The van der Waals surface area contributed by atoms with Gasteiger partial charge in [-0.05, 0) is 54.5 Å². The molecular weight excluding hydrogens is 510 g/mol. The molecule has 0 unspecified atom stereocenters. The van der Waals surface area contributed by atoms with Crippen molar-refractivity contribution in [2.75, 3.05) is 35.0 Å². The molecule has 2 N–H and O–H groups in total. The third-order valence-electron chi connectivity index (χ3n) is 6.51. The third-order valence-corrected chi connectivity index (χ3v) is 6.51. The summed E-state index contributed by atoms with van der Waals surface area (Å²) in [6.45, 7) is 0.341. The highest BCUT2D eigenvalue weighted by molar-refractivity contribution is 6.06. The number of nitrogens with one attached hydrogen (secondary N) is 2. The maximum absolute atomic E-state index is 13.4. The number of nitrogens with zero attached hydrogens (tertiary/aromatic N) is 1. The Labute approximate surface area is 233 Å². The van der Waals surface area contributed by atoms with Gasteiger partial charge in [-0.3, -0.25) is 9.59 Å². The fourth-order valence-corrected chi connectivity index (χ4v) is 4.43. The standard InChI is InChI=1S/C31H33N3O6/c1-34-19-22(23-8-6-7-9-25(23)34)17-24(33-30(35)21-11-13-27(38-3)29(18-21)40-5)31(36)32-15-14-20-10-12-26(37-2)28(16-20)39-4/h6-13,16-19H,14-15H2,1-5H3,(H,32,36)(H,33,35). The zero-order chi connectivity index (χ0) is 28.6. The predicted molar refractivity (Wildman–Crippen MR) is 154 cm³/mol. The molecule has 9 nitrogen and oxygen atoms in total. The lowest BCUT2D eigenvalue weighted by Crippen LogP contribution is -2.35. The highest BCUT2D eigenvalue weighted by Crippen LogP contribution is 2.29. The number of benzene rings is 3. The largest absolute Gasteiger partial charge is 0.493 e. The van der Waals surface area contributed by atoms with Gasteiger partial charge in [-0.25, -0.2) is 0 Å². The molecule has 9 heteroatoms. The molecule has 208 valence electrons. The van der Waals surface area contributed by atoms with Crippen molar-refractivity contribution in [2.24, 2.45) is 7.05 Å². The number of carbonyl (C=O) groups excluding carboxylic acids is 2. The van der Waals surface area contributed by atoms with Crippen LogP contribution in [-0.2, 0) is 18.3 Å². The number of carbonyl (C=O) groups is 2. The van der Waals surface area contributed by atoms with Crippen molar-refractivity contribution in [3.8, 4) is 23.0 Å². The summed E-state index contributed by atoms with van der Waals surface area (Å²) in [7, 11) is 8.11. The number of aryl methyl sites for hydroxylation is 1. The molecule has 0 spiro atoms. The Bertz CT molecular complexity index is 1560. The van der Waals surface area contributed by atoms with Crippen molar-refractivity contribution in [1.29, 1.82) is 0 Å². The van der Waals surface area contributed by atoms with E-state index in [1.807, 2.05) is 60.3 Å². The first-order valence-corrected chi connectivity index (χ1v) is 12.7. The Morgan fingerprint density at radius 3 is 2.17 bits per heavy atom. The molecule has 4 rings (SSSR count). The molecule has 3 aromatic carbocycles. The maximum atomic E-state index is 13.4. The number of fused-ring (bicyclic) bond motifs is 1. The number of methoxy groups -OCH3 is 4. The van der Waals surface area contributed by atoms with Crippen LogP contribution in [0.1, 0.15) is 21.5 Å². The van der Waals surface area contributed by atoms with Crippen molar-refractivity contribution >= 4 is 28.8 Å². The van der Waals surface area contributed by atoms with E-state index in [1.165, 1.54) is 14.2 Å². The van der Waals surface area contributed by atoms with Gasteiger partial charge in [0.05, 0.1) is 28.4 Å². The summed E-state index contributed by atoms with van der Waals surface area (Å²) < 4.78 is 23.3. The minimum atomic E-state index is -0.456. The number of rotatable bonds is 11. The quantitative estimate of drug-likeness (QED) is 0.273. The summed E-state index contributed by atoms with van der Waals surface area (Å²) in [5.74, 6) is 1.29. The summed E-state index contributed by atoms with van der Waals surface area (Å²) in [5.41, 5.74) is 3.21. The van der Waals surface area contributed by atoms with Gasteiger partial charge in [-0.1, -0.05) is 24.3 Å². The number of amides is 2. The van der Waals surface area contributed by atoms with Crippen LogP contribution in [0.4, 0.5) is 0 Å². The zero-order valence-corrected chi connectivity index (χ0v) is 23.2. The van der Waals surface area contributed by atoms with E-state index in [4.69, 9.17) is 18.9 Å². The first kappa shape index (κ1) is 28.1. The predicted octanol–water partition coefficient (Wildman–Crippen LogP) is 4.34. The minimum absolute atomic E-state index is 0.114. The first-order valence-electron chi connectivity index (χ1n) is 12.7. The molecule has 0 radical (unpaired) electrons. The van der Waals surface area contributed by atoms with Crippen LogP contribution in [0.5, 0.6) is 23.0 Å². The van der Waals surface area contributed by atoms with Crippen molar-refractivity contribution in [3.63, 3.8) is 0 Å². The van der Waals surface area contributed by atoms with Crippen LogP contribution in [-0.4, -0.2) is 51.4 Å². The van der Waals surface area contributed by atoms with E-state index in [2.05, 4.69) is 10.6 Å². The first-order chi connectivity index (χ1) is 19.4. The average molecular weight is 544 g/mol. The van der Waals surface area contributed by atoms with Crippen LogP contribution in [0.15, 0.2) is 72.6 Å². The monoisotopic (exact) mass is 543 g/mol. The molecule has 2 amide bonds. The number of hydrogen-bond acceptors (Lipinski definition) is 6. The molecule has 0 atom stereocenters. The zero-order valence-electron chi connectivity index (χ0n) is 23.2. The van der Waals surface area contributed by atoms with Crippen LogP contribution in [0.2, 0.25) is 0 Å². The van der Waals surface area contributed by atoms with E-state index in [1.54, 1.807) is 38.5 Å². The van der Waals surface area contributed by atoms with Crippen LogP contribution in [0.25, 0.3) is 17.0 Å². The fraction of sp³-hybridized carbons (Fsp3) is 0.226. The number of para-hydroxylation sites is 1. The molecule has 1 heterocycles. The van der Waals surface area contributed by atoms with E-state index in [0.717, 1.165) is 22.0 Å². The van der Waals surface area contributed by atoms with E-state index >= 15 is 0 Å². The maximum Gasteiger partial charge on any atom is 0.267 e. The molecule has 0 aliphatic heterocycles. The highest BCUT2D eigenvalue weighted by Gasteiger charge is 2.18. The second kappa shape index (κ2) is 12.8. The lowest BCUT2D eigenvalue weighted by atomic mass is 10.1. The molecule has 0 aliphatic rings. The molecule has 0 bridgehead atoms. The normalized spacial score (nSPS) is 11.2. The molecule has 0 saturated carbocycles. The highest BCUT2D eigenvalue weighted by atomic mass is 16.5. The molecule has 0 aliphatic carbocycles. The Balaban J connectivity index is 1.59. The van der Waals surface area contributed by atoms with Gasteiger partial charge in [-0.2, -0.15) is 0 Å². The summed E-state index contributed by atoms with van der Waals surface area (Å²) in [4.78, 5) is 26.7.